The van der Waals surface area contributed by atoms with Crippen molar-refractivity contribution < 1.29 is 51.6 Å². The first-order valence-corrected chi connectivity index (χ1v) is 17.3. The molecule has 15 heteroatoms. The van der Waals surface area contributed by atoms with Crippen LogP contribution in [0, 0.1) is 17.3 Å². The van der Waals surface area contributed by atoms with E-state index in [1.165, 1.54) is 24.3 Å². The van der Waals surface area contributed by atoms with Gasteiger partial charge in [-0.25, -0.2) is 9.80 Å². The van der Waals surface area contributed by atoms with Gasteiger partial charge >= 0.3 is 18.2 Å². The van der Waals surface area contributed by atoms with Gasteiger partial charge in [0.2, 0.25) is 5.91 Å². The highest BCUT2D eigenvalue weighted by Crippen LogP contribution is 2.33. The zero-order valence-electron chi connectivity index (χ0n) is 30.0. The van der Waals surface area contributed by atoms with E-state index in [0.717, 1.165) is 28.8 Å². The molecule has 2 amide bonds. The number of aromatic nitrogens is 1. The second kappa shape index (κ2) is 17.1. The molecule has 5 rings (SSSR count). The van der Waals surface area contributed by atoms with E-state index in [4.69, 9.17) is 18.9 Å². The van der Waals surface area contributed by atoms with Gasteiger partial charge < -0.3 is 29.4 Å². The van der Waals surface area contributed by atoms with Crippen LogP contribution in [-0.2, 0) is 47.7 Å². The van der Waals surface area contributed by atoms with Crippen molar-refractivity contribution >= 4 is 18.0 Å². The van der Waals surface area contributed by atoms with Crippen molar-refractivity contribution in [1.82, 2.24) is 20.7 Å². The number of methoxy groups -OCH3 is 1. The number of amides is 2. The molecule has 0 aliphatic carbocycles. The highest BCUT2D eigenvalue weighted by Gasteiger charge is 2.44. The number of ether oxygens (including phenoxy) is 4. The number of hydrogen-bond donors (Lipinski definition) is 3. The van der Waals surface area contributed by atoms with E-state index in [2.05, 4.69) is 15.7 Å². The predicted octanol–water partition coefficient (Wildman–Crippen LogP) is 4.90. The number of pyridine rings is 1. The fraction of sp³-hybridized carbons (Fsp3) is 0.474. The van der Waals surface area contributed by atoms with Gasteiger partial charge in [-0.2, -0.15) is 13.2 Å². The summed E-state index contributed by atoms with van der Waals surface area (Å²) in [6, 6.07) is 14.7. The molecule has 286 valence electrons. The number of nitrogens with zero attached hydrogens (tertiary/aromatic N) is 2. The topological polar surface area (TPSA) is 149 Å². The summed E-state index contributed by atoms with van der Waals surface area (Å²) in [7, 11) is 1.18. The Bertz CT molecular complexity index is 1700. The van der Waals surface area contributed by atoms with E-state index in [1.807, 2.05) is 36.4 Å². The first-order chi connectivity index (χ1) is 25.1. The summed E-state index contributed by atoms with van der Waals surface area (Å²) in [4.78, 5) is 43.9. The van der Waals surface area contributed by atoms with Crippen molar-refractivity contribution in [1.29, 1.82) is 0 Å². The number of fused-ring (bicyclic) bond motifs is 1. The Morgan fingerprint density at radius 1 is 1.02 bits per heavy atom. The molecule has 0 spiro atoms. The zero-order valence-corrected chi connectivity index (χ0v) is 30.0. The predicted molar refractivity (Wildman–Crippen MR) is 185 cm³/mol. The lowest BCUT2D eigenvalue weighted by Gasteiger charge is -2.33. The Morgan fingerprint density at radius 2 is 1.77 bits per heavy atom. The average Bonchev–Trinajstić information content (AvgIpc) is 3.73. The summed E-state index contributed by atoms with van der Waals surface area (Å²) in [6.07, 6.45) is -3.95. The molecule has 2 fully saturated rings. The molecule has 6 atom stereocenters. The largest absolute Gasteiger partial charge is 0.468 e. The third kappa shape index (κ3) is 10.5. The van der Waals surface area contributed by atoms with E-state index in [0.29, 0.717) is 13.0 Å². The van der Waals surface area contributed by atoms with E-state index in [-0.39, 0.29) is 37.6 Å². The lowest BCUT2D eigenvalue weighted by Crippen LogP contribution is -2.55. The second-order valence-corrected chi connectivity index (χ2v) is 14.3. The van der Waals surface area contributed by atoms with Crippen LogP contribution in [0.1, 0.15) is 43.9 Å². The van der Waals surface area contributed by atoms with Gasteiger partial charge in [-0.15, -0.1) is 0 Å². The van der Waals surface area contributed by atoms with Crippen LogP contribution in [0.4, 0.5) is 18.0 Å². The number of hydrogen-bond acceptors (Lipinski definition) is 10. The third-order valence-electron chi connectivity index (χ3n) is 9.29. The van der Waals surface area contributed by atoms with Crippen molar-refractivity contribution in [2.24, 2.45) is 17.3 Å². The molecule has 3 N–H and O–H groups in total. The molecule has 2 aliphatic heterocycles. The molecule has 6 unspecified atom stereocenters. The summed E-state index contributed by atoms with van der Waals surface area (Å²) in [5.41, 5.74) is 3.52. The van der Waals surface area contributed by atoms with Gasteiger partial charge in [0.05, 0.1) is 44.0 Å². The Labute approximate surface area is 305 Å². The Morgan fingerprint density at radius 3 is 2.43 bits per heavy atom. The summed E-state index contributed by atoms with van der Waals surface area (Å²) >= 11 is 0. The number of esters is 1. The maximum atomic E-state index is 13.7. The van der Waals surface area contributed by atoms with Gasteiger partial charge in [0, 0.05) is 25.5 Å². The van der Waals surface area contributed by atoms with Crippen LogP contribution in [-0.4, -0.2) is 84.5 Å². The molecule has 0 radical (unpaired) electrons. The minimum absolute atomic E-state index is 0.0859. The van der Waals surface area contributed by atoms with E-state index >= 15 is 0 Å². The molecule has 0 bridgehead atoms. The van der Waals surface area contributed by atoms with E-state index < -0.39 is 65.6 Å². The molecule has 53 heavy (non-hydrogen) atoms. The van der Waals surface area contributed by atoms with Crippen LogP contribution in [0.25, 0.3) is 11.1 Å². The van der Waals surface area contributed by atoms with Crippen molar-refractivity contribution in [3.05, 3.63) is 89.7 Å². The first-order valence-electron chi connectivity index (χ1n) is 17.3. The second-order valence-electron chi connectivity index (χ2n) is 14.3. The zero-order chi connectivity index (χ0) is 38.3. The van der Waals surface area contributed by atoms with Crippen molar-refractivity contribution in [3.63, 3.8) is 0 Å². The molecule has 2 saturated heterocycles. The lowest BCUT2D eigenvalue weighted by atomic mass is 9.80. The Hall–Kier alpha value is -4.57. The minimum Gasteiger partial charge on any atom is -0.468 e. The van der Waals surface area contributed by atoms with Crippen LogP contribution in [0.2, 0.25) is 0 Å². The Kier molecular flexibility index (Phi) is 12.8. The van der Waals surface area contributed by atoms with Gasteiger partial charge in [0.1, 0.15) is 12.0 Å². The van der Waals surface area contributed by atoms with E-state index in [1.54, 1.807) is 33.2 Å². The number of carbonyl (C=O) groups excluding carboxylic acids is 3. The lowest BCUT2D eigenvalue weighted by molar-refractivity contribution is -0.155. The maximum Gasteiger partial charge on any atom is 0.422 e. The van der Waals surface area contributed by atoms with Gasteiger partial charge in [-0.3, -0.25) is 20.0 Å². The van der Waals surface area contributed by atoms with Crippen LogP contribution in [0.5, 0.6) is 0 Å². The molecule has 2 aliphatic rings. The number of benzene rings is 2. The number of nitrogens with one attached hydrogen (secondary N) is 2. The summed E-state index contributed by atoms with van der Waals surface area (Å²) in [5.74, 6) is -2.85. The number of aliphatic hydroxyl groups excluding tert-OH is 1. The minimum atomic E-state index is -4.61. The summed E-state index contributed by atoms with van der Waals surface area (Å²) in [5, 5.41) is 15.8. The van der Waals surface area contributed by atoms with Crippen LogP contribution >= 0.6 is 0 Å². The molecule has 3 heterocycles. The Balaban J connectivity index is 1.40. The highest BCUT2D eigenvalue weighted by atomic mass is 19.4. The molecule has 2 aromatic carbocycles. The summed E-state index contributed by atoms with van der Waals surface area (Å²) < 4.78 is 62.5. The summed E-state index contributed by atoms with van der Waals surface area (Å²) in [6.45, 7) is 5.06. The van der Waals surface area contributed by atoms with Crippen molar-refractivity contribution in [2.75, 3.05) is 26.9 Å². The number of alkyl halides is 3. The third-order valence-corrected chi connectivity index (χ3v) is 9.29. The van der Waals surface area contributed by atoms with Gasteiger partial charge in [-0.1, -0.05) is 69.3 Å². The number of rotatable bonds is 13. The van der Waals surface area contributed by atoms with Crippen molar-refractivity contribution in [3.8, 4) is 11.1 Å². The monoisotopic (exact) mass is 742 g/mol. The first kappa shape index (κ1) is 39.6. The number of carbonyl (C=O) groups is 3. The normalized spacial score (nSPS) is 20.3. The molecular formula is C38H45F3N4O8. The maximum absolute atomic E-state index is 13.7. The van der Waals surface area contributed by atoms with Crippen LogP contribution < -0.4 is 10.7 Å². The van der Waals surface area contributed by atoms with E-state index in [9.17, 15) is 32.7 Å². The fourth-order valence-corrected chi connectivity index (χ4v) is 6.55. The molecule has 12 nitrogen and oxygen atoms in total. The molecular weight excluding hydrogens is 697 g/mol. The number of aliphatic hydroxyl groups is 1. The van der Waals surface area contributed by atoms with Gasteiger partial charge in [0.25, 0.3) is 0 Å². The standard InChI is InChI=1S/C38H45F3N4O8/c1-37(2,3)32(34(48)50-4)33(47)43-29(18-23-10-12-25(13-11-23)26-8-6-15-42-19-26)30(46)21-45(20-24-7-5-9-27(17-24)38(39,40)41)44-36(49)53-31-22-52-35-28(31)14-16-51-35/h5-13,15,17,19,28-32,35,46H,14,16,18,20-22H2,1-4H3,(H,43,47)(H,44,49). The molecule has 1 aromatic heterocycles. The SMILES string of the molecule is COC(=O)C(C(=O)NC(Cc1ccc(-c2cccnc2)cc1)C(O)CN(Cc1cccc(C(F)(F)F)c1)NC(=O)OC1COC2OCCC12)C(C)(C)C. The molecule has 0 saturated carbocycles. The number of hydrazine groups is 1. The van der Waals surface area contributed by atoms with Gasteiger partial charge in [-0.05, 0) is 52.6 Å². The van der Waals surface area contributed by atoms with Crippen molar-refractivity contribution in [2.45, 2.75) is 70.9 Å². The molecule has 3 aromatic rings. The number of halogens is 3. The van der Waals surface area contributed by atoms with Crippen LogP contribution in [0.3, 0.4) is 0 Å². The fourth-order valence-electron chi connectivity index (χ4n) is 6.55. The van der Waals surface area contributed by atoms with Gasteiger partial charge in [0.15, 0.2) is 6.29 Å². The average molecular weight is 743 g/mol. The smallest absolute Gasteiger partial charge is 0.422 e. The highest BCUT2D eigenvalue weighted by molar-refractivity contribution is 5.98. The van der Waals surface area contributed by atoms with Crippen LogP contribution in [0.15, 0.2) is 73.1 Å². The quantitative estimate of drug-likeness (QED) is 0.126.